The SMILES string of the molecule is Cc1ccc(NC(=O)CNC(=O)c2ccccc2F)cc1F. The largest absolute Gasteiger partial charge is 0.343 e. The first kappa shape index (κ1) is 15.6. The summed E-state index contributed by atoms with van der Waals surface area (Å²) >= 11 is 0. The fourth-order valence-corrected chi connectivity index (χ4v) is 1.78. The first-order valence-corrected chi connectivity index (χ1v) is 6.56. The Kier molecular flexibility index (Phi) is 4.83. The lowest BCUT2D eigenvalue weighted by atomic mass is 10.2. The summed E-state index contributed by atoms with van der Waals surface area (Å²) in [6.45, 7) is 1.26. The molecule has 2 N–H and O–H groups in total. The van der Waals surface area contributed by atoms with E-state index in [1.54, 1.807) is 13.0 Å². The Morgan fingerprint density at radius 1 is 1.05 bits per heavy atom. The van der Waals surface area contributed by atoms with Gasteiger partial charge < -0.3 is 10.6 Å². The predicted octanol–water partition coefficient (Wildman–Crippen LogP) is 2.64. The minimum atomic E-state index is -0.691. The number of hydrogen-bond donors (Lipinski definition) is 2. The number of nitrogens with one attached hydrogen (secondary N) is 2. The van der Waals surface area contributed by atoms with Crippen molar-refractivity contribution in [1.82, 2.24) is 5.32 Å². The van der Waals surface area contributed by atoms with Gasteiger partial charge in [-0.05, 0) is 36.8 Å². The van der Waals surface area contributed by atoms with Gasteiger partial charge in [0.15, 0.2) is 0 Å². The van der Waals surface area contributed by atoms with Gasteiger partial charge in [0.25, 0.3) is 5.91 Å². The molecule has 0 unspecified atom stereocenters. The highest BCUT2D eigenvalue weighted by molar-refractivity contribution is 5.99. The third-order valence-electron chi connectivity index (χ3n) is 2.98. The van der Waals surface area contributed by atoms with E-state index in [1.807, 2.05) is 0 Å². The maximum absolute atomic E-state index is 13.4. The van der Waals surface area contributed by atoms with E-state index in [0.29, 0.717) is 5.56 Å². The van der Waals surface area contributed by atoms with Crippen LogP contribution in [0, 0.1) is 18.6 Å². The van der Waals surface area contributed by atoms with Gasteiger partial charge in [-0.15, -0.1) is 0 Å². The van der Waals surface area contributed by atoms with E-state index >= 15 is 0 Å². The molecule has 2 amide bonds. The van der Waals surface area contributed by atoms with Crippen molar-refractivity contribution in [2.24, 2.45) is 0 Å². The minimum Gasteiger partial charge on any atom is -0.343 e. The maximum atomic E-state index is 13.4. The lowest BCUT2D eigenvalue weighted by Gasteiger charge is -2.08. The number of benzene rings is 2. The lowest BCUT2D eigenvalue weighted by molar-refractivity contribution is -0.115. The lowest BCUT2D eigenvalue weighted by Crippen LogP contribution is -2.33. The molecular formula is C16H14F2N2O2. The van der Waals surface area contributed by atoms with Crippen LogP contribution in [0.2, 0.25) is 0 Å². The summed E-state index contributed by atoms with van der Waals surface area (Å²) in [5, 5.41) is 4.75. The van der Waals surface area contributed by atoms with Crippen molar-refractivity contribution in [3.8, 4) is 0 Å². The summed E-state index contributed by atoms with van der Waals surface area (Å²) in [6, 6.07) is 9.73. The second kappa shape index (κ2) is 6.80. The molecule has 0 bridgehead atoms. The van der Waals surface area contributed by atoms with Gasteiger partial charge in [0.2, 0.25) is 5.91 Å². The molecular weight excluding hydrogens is 290 g/mol. The van der Waals surface area contributed by atoms with Crippen molar-refractivity contribution in [3.05, 3.63) is 65.2 Å². The highest BCUT2D eigenvalue weighted by atomic mass is 19.1. The number of carbonyl (C=O) groups is 2. The van der Waals surface area contributed by atoms with E-state index < -0.39 is 23.4 Å². The normalized spacial score (nSPS) is 10.1. The van der Waals surface area contributed by atoms with Crippen molar-refractivity contribution in [2.75, 3.05) is 11.9 Å². The van der Waals surface area contributed by atoms with Crippen LogP contribution in [0.5, 0.6) is 0 Å². The molecule has 0 saturated heterocycles. The van der Waals surface area contributed by atoms with Gasteiger partial charge >= 0.3 is 0 Å². The molecule has 0 aliphatic carbocycles. The van der Waals surface area contributed by atoms with Crippen LogP contribution in [-0.4, -0.2) is 18.4 Å². The number of aryl methyl sites for hydroxylation is 1. The van der Waals surface area contributed by atoms with E-state index in [-0.39, 0.29) is 17.8 Å². The Balaban J connectivity index is 1.91. The standard InChI is InChI=1S/C16H14F2N2O2/c1-10-6-7-11(8-14(10)18)20-15(21)9-19-16(22)12-4-2-3-5-13(12)17/h2-8H,9H2,1H3,(H,19,22)(H,20,21). The summed E-state index contributed by atoms with van der Waals surface area (Å²) in [4.78, 5) is 23.4. The predicted molar refractivity (Wildman–Crippen MR) is 78.5 cm³/mol. The molecule has 22 heavy (non-hydrogen) atoms. The summed E-state index contributed by atoms with van der Waals surface area (Å²) in [6.07, 6.45) is 0. The number of anilines is 1. The second-order valence-electron chi connectivity index (χ2n) is 4.67. The molecule has 0 aliphatic heterocycles. The van der Waals surface area contributed by atoms with Gasteiger partial charge in [-0.2, -0.15) is 0 Å². The van der Waals surface area contributed by atoms with Crippen LogP contribution in [0.3, 0.4) is 0 Å². The summed E-state index contributed by atoms with van der Waals surface area (Å²) in [5.74, 6) is -2.33. The van der Waals surface area contributed by atoms with E-state index in [4.69, 9.17) is 0 Å². The van der Waals surface area contributed by atoms with E-state index in [0.717, 1.165) is 6.07 Å². The molecule has 2 aromatic rings. The summed E-state index contributed by atoms with van der Waals surface area (Å²) < 4.78 is 26.7. The smallest absolute Gasteiger partial charge is 0.254 e. The summed E-state index contributed by atoms with van der Waals surface area (Å²) in [7, 11) is 0. The van der Waals surface area contributed by atoms with Crippen molar-refractivity contribution in [2.45, 2.75) is 6.92 Å². The fraction of sp³-hybridized carbons (Fsp3) is 0.125. The van der Waals surface area contributed by atoms with Crippen LogP contribution >= 0.6 is 0 Å². The zero-order valence-corrected chi connectivity index (χ0v) is 11.8. The van der Waals surface area contributed by atoms with Gasteiger partial charge in [0.05, 0.1) is 12.1 Å². The van der Waals surface area contributed by atoms with Crippen LogP contribution in [0.25, 0.3) is 0 Å². The minimum absolute atomic E-state index is 0.142. The Morgan fingerprint density at radius 2 is 1.77 bits per heavy atom. The second-order valence-corrected chi connectivity index (χ2v) is 4.67. The molecule has 2 aromatic carbocycles. The Hall–Kier alpha value is -2.76. The maximum Gasteiger partial charge on any atom is 0.254 e. The monoisotopic (exact) mass is 304 g/mol. The number of rotatable bonds is 4. The van der Waals surface area contributed by atoms with Crippen LogP contribution < -0.4 is 10.6 Å². The number of carbonyl (C=O) groups excluding carboxylic acids is 2. The third-order valence-corrected chi connectivity index (χ3v) is 2.98. The molecule has 0 spiro atoms. The number of amides is 2. The van der Waals surface area contributed by atoms with Gasteiger partial charge in [-0.25, -0.2) is 8.78 Å². The fourth-order valence-electron chi connectivity index (χ4n) is 1.78. The molecule has 0 fully saturated rings. The Morgan fingerprint density at radius 3 is 2.45 bits per heavy atom. The summed E-state index contributed by atoms with van der Waals surface area (Å²) in [5.41, 5.74) is 0.607. The van der Waals surface area contributed by atoms with E-state index in [1.165, 1.54) is 30.3 Å². The third kappa shape index (κ3) is 3.88. The highest BCUT2D eigenvalue weighted by Gasteiger charge is 2.12. The average Bonchev–Trinajstić information content (AvgIpc) is 2.49. The van der Waals surface area contributed by atoms with Crippen LogP contribution in [0.4, 0.5) is 14.5 Å². The quantitative estimate of drug-likeness (QED) is 0.912. The van der Waals surface area contributed by atoms with Crippen molar-refractivity contribution in [3.63, 3.8) is 0 Å². The van der Waals surface area contributed by atoms with Crippen molar-refractivity contribution >= 4 is 17.5 Å². The van der Waals surface area contributed by atoms with Gasteiger partial charge in [-0.1, -0.05) is 18.2 Å². The van der Waals surface area contributed by atoms with Crippen LogP contribution in [0.1, 0.15) is 15.9 Å². The highest BCUT2D eigenvalue weighted by Crippen LogP contribution is 2.13. The van der Waals surface area contributed by atoms with Crippen molar-refractivity contribution < 1.29 is 18.4 Å². The molecule has 6 heteroatoms. The molecule has 0 radical (unpaired) electrons. The molecule has 4 nitrogen and oxygen atoms in total. The molecule has 2 rings (SSSR count). The first-order chi connectivity index (χ1) is 10.5. The molecule has 114 valence electrons. The van der Waals surface area contributed by atoms with Crippen LogP contribution in [0.15, 0.2) is 42.5 Å². The van der Waals surface area contributed by atoms with Gasteiger partial charge in [-0.3, -0.25) is 9.59 Å². The van der Waals surface area contributed by atoms with Gasteiger partial charge in [0, 0.05) is 5.69 Å². The Labute approximate surface area is 126 Å². The molecule has 0 atom stereocenters. The topological polar surface area (TPSA) is 58.2 Å². The number of halogens is 2. The molecule has 0 aliphatic rings. The zero-order chi connectivity index (χ0) is 16.1. The van der Waals surface area contributed by atoms with Gasteiger partial charge in [0.1, 0.15) is 11.6 Å². The van der Waals surface area contributed by atoms with E-state index in [9.17, 15) is 18.4 Å². The molecule has 0 saturated carbocycles. The number of hydrogen-bond acceptors (Lipinski definition) is 2. The molecule has 0 heterocycles. The first-order valence-electron chi connectivity index (χ1n) is 6.56. The Bertz CT molecular complexity index is 717. The van der Waals surface area contributed by atoms with Crippen LogP contribution in [-0.2, 0) is 4.79 Å². The van der Waals surface area contributed by atoms with Crippen molar-refractivity contribution in [1.29, 1.82) is 0 Å². The zero-order valence-electron chi connectivity index (χ0n) is 11.8. The van der Waals surface area contributed by atoms with E-state index in [2.05, 4.69) is 10.6 Å². The molecule has 0 aromatic heterocycles. The average molecular weight is 304 g/mol.